The van der Waals surface area contributed by atoms with Crippen LogP contribution in [-0.4, -0.2) is 77.0 Å². The predicted octanol–water partition coefficient (Wildman–Crippen LogP) is 0.253. The highest BCUT2D eigenvalue weighted by Gasteiger charge is 2.38. The van der Waals surface area contributed by atoms with E-state index in [2.05, 4.69) is 12.1 Å². The van der Waals surface area contributed by atoms with Crippen molar-refractivity contribution in [1.29, 1.82) is 0 Å². The van der Waals surface area contributed by atoms with Crippen LogP contribution in [0.3, 0.4) is 0 Å². The highest BCUT2D eigenvalue weighted by molar-refractivity contribution is 6.18. The number of hydrogen-bond acceptors (Lipinski definition) is 3. The van der Waals surface area contributed by atoms with E-state index >= 15 is 0 Å². The molecule has 0 aliphatic carbocycles. The molecule has 1 aliphatic heterocycles. The van der Waals surface area contributed by atoms with Gasteiger partial charge < -0.3 is 10.2 Å². The number of alkyl halides is 2. The Hall–Kier alpha value is 0.420. The molecule has 1 aliphatic rings. The highest BCUT2D eigenvalue weighted by atomic mass is 35.5. The molecule has 0 amide bonds. The van der Waals surface area contributed by atoms with Crippen molar-refractivity contribution in [1.82, 2.24) is 5.01 Å². The van der Waals surface area contributed by atoms with Crippen molar-refractivity contribution in [3.8, 4) is 0 Å². The van der Waals surface area contributed by atoms with Gasteiger partial charge in [-0.2, -0.15) is 5.01 Å². The van der Waals surface area contributed by atoms with E-state index in [1.165, 1.54) is 0 Å². The Morgan fingerprint density at radius 3 is 2.44 bits per heavy atom. The number of nitrogens with zero attached hydrogens (tertiary/aromatic N) is 2. The average molecular weight is 272 g/mol. The third-order valence-electron chi connectivity index (χ3n) is 3.12. The molecule has 0 aromatic rings. The Morgan fingerprint density at radius 2 is 1.88 bits per heavy atom. The van der Waals surface area contributed by atoms with Gasteiger partial charge in [0.25, 0.3) is 0 Å². The van der Waals surface area contributed by atoms with E-state index in [4.69, 9.17) is 23.2 Å². The van der Waals surface area contributed by atoms with Gasteiger partial charge in [-0.05, 0) is 0 Å². The van der Waals surface area contributed by atoms with E-state index in [0.29, 0.717) is 17.7 Å². The molecular weight excluding hydrogens is 251 g/mol. The SMILES string of the molecule is C[N+]1(CC(O)CCl)CCCN1CC(O)CCl. The lowest BCUT2D eigenvalue weighted by Crippen LogP contribution is -2.58. The summed E-state index contributed by atoms with van der Waals surface area (Å²) in [6.45, 7) is 3.05. The van der Waals surface area contributed by atoms with Gasteiger partial charge in [0.05, 0.1) is 38.7 Å². The fourth-order valence-electron chi connectivity index (χ4n) is 2.27. The minimum atomic E-state index is -0.509. The van der Waals surface area contributed by atoms with Crippen LogP contribution in [0.1, 0.15) is 6.42 Å². The maximum absolute atomic E-state index is 9.63. The summed E-state index contributed by atoms with van der Waals surface area (Å²) in [4.78, 5) is 0. The number of likely N-dealkylation sites (N-methyl/N-ethyl adjacent to an activating group) is 1. The van der Waals surface area contributed by atoms with Gasteiger partial charge in [-0.25, -0.2) is 4.59 Å². The number of aliphatic hydroxyl groups is 2. The monoisotopic (exact) mass is 271 g/mol. The van der Waals surface area contributed by atoms with Crippen LogP contribution in [-0.2, 0) is 0 Å². The molecule has 0 aromatic carbocycles. The lowest BCUT2D eigenvalue weighted by molar-refractivity contribution is -1.01. The Balaban J connectivity index is 2.55. The normalized spacial score (nSPS) is 30.6. The largest absolute Gasteiger partial charge is 0.390 e. The molecule has 2 N–H and O–H groups in total. The molecule has 0 radical (unpaired) electrons. The van der Waals surface area contributed by atoms with Gasteiger partial charge in [0.1, 0.15) is 12.6 Å². The van der Waals surface area contributed by atoms with Gasteiger partial charge in [-0.3, -0.25) is 0 Å². The van der Waals surface area contributed by atoms with Gasteiger partial charge in [0.15, 0.2) is 0 Å². The standard InChI is InChI=1S/C10H21Cl2N2O2/c1-14(8-10(16)6-12)4-2-3-13(14)7-9(15)5-11/h9-10,15-16H,2-8H2,1H3/q+1. The van der Waals surface area contributed by atoms with Crippen LogP contribution in [0.5, 0.6) is 0 Å². The minimum Gasteiger partial charge on any atom is -0.390 e. The number of rotatable bonds is 6. The summed E-state index contributed by atoms with van der Waals surface area (Å²) in [7, 11) is 2.06. The van der Waals surface area contributed by atoms with E-state index in [9.17, 15) is 10.2 Å². The van der Waals surface area contributed by atoms with E-state index in [1.807, 2.05) is 0 Å². The van der Waals surface area contributed by atoms with Crippen LogP contribution < -0.4 is 0 Å². The molecule has 0 aromatic heterocycles. The zero-order valence-electron chi connectivity index (χ0n) is 9.65. The average Bonchev–Trinajstić information content (AvgIpc) is 2.59. The molecule has 1 fully saturated rings. The van der Waals surface area contributed by atoms with Gasteiger partial charge >= 0.3 is 0 Å². The molecule has 16 heavy (non-hydrogen) atoms. The Bertz CT molecular complexity index is 221. The van der Waals surface area contributed by atoms with Crippen molar-refractivity contribution in [2.75, 3.05) is 45.0 Å². The van der Waals surface area contributed by atoms with Crippen molar-refractivity contribution >= 4 is 23.2 Å². The summed E-state index contributed by atoms with van der Waals surface area (Å²) in [5.74, 6) is 0.494. The second kappa shape index (κ2) is 6.38. The maximum Gasteiger partial charge on any atom is 0.124 e. The molecule has 0 saturated carbocycles. The molecule has 0 bridgehead atoms. The lowest BCUT2D eigenvalue weighted by atomic mass is 10.3. The summed E-state index contributed by atoms with van der Waals surface area (Å²) in [6, 6.07) is 0. The number of halogens is 2. The van der Waals surface area contributed by atoms with Crippen LogP contribution in [0, 0.1) is 0 Å². The second-order valence-corrected chi connectivity index (χ2v) is 5.24. The lowest BCUT2D eigenvalue weighted by Gasteiger charge is -2.39. The maximum atomic E-state index is 9.63. The molecule has 1 saturated heterocycles. The first kappa shape index (κ1) is 14.5. The van der Waals surface area contributed by atoms with Gasteiger partial charge in [-0.1, -0.05) is 0 Å². The van der Waals surface area contributed by atoms with Gasteiger partial charge in [0, 0.05) is 12.3 Å². The first-order valence-corrected chi connectivity index (χ1v) is 6.67. The van der Waals surface area contributed by atoms with Crippen LogP contribution >= 0.6 is 23.2 Å². The molecule has 96 valence electrons. The number of quaternary nitrogens is 1. The molecule has 1 rings (SSSR count). The topological polar surface area (TPSA) is 43.7 Å². The van der Waals surface area contributed by atoms with E-state index < -0.39 is 12.2 Å². The molecular formula is C10H21Cl2N2O2+. The second-order valence-electron chi connectivity index (χ2n) is 4.63. The smallest absolute Gasteiger partial charge is 0.124 e. The summed E-state index contributed by atoms with van der Waals surface area (Å²) in [5, 5.41) is 21.4. The van der Waals surface area contributed by atoms with E-state index in [-0.39, 0.29) is 11.8 Å². The molecule has 3 atom stereocenters. The molecule has 3 unspecified atom stereocenters. The van der Waals surface area contributed by atoms with Crippen LogP contribution in [0.4, 0.5) is 0 Å². The van der Waals surface area contributed by atoms with Crippen LogP contribution in [0.2, 0.25) is 0 Å². The third-order valence-corrected chi connectivity index (χ3v) is 3.83. The van der Waals surface area contributed by atoms with Crippen molar-refractivity contribution in [3.05, 3.63) is 0 Å². The quantitative estimate of drug-likeness (QED) is 0.538. The predicted molar refractivity (Wildman–Crippen MR) is 65.6 cm³/mol. The molecule has 1 heterocycles. The number of hydrogen-bond donors (Lipinski definition) is 2. The van der Waals surface area contributed by atoms with Gasteiger partial charge in [0.2, 0.25) is 0 Å². The minimum absolute atomic E-state index is 0.245. The number of β-amino-alcohol motifs (C(OH)–C–C–N with tert-alkyl or cyclic N) is 1. The summed E-state index contributed by atoms with van der Waals surface area (Å²) >= 11 is 11.2. The molecule has 0 spiro atoms. The van der Waals surface area contributed by atoms with Crippen LogP contribution in [0.25, 0.3) is 0 Å². The Morgan fingerprint density at radius 1 is 1.25 bits per heavy atom. The zero-order chi connectivity index (χ0) is 12.2. The third kappa shape index (κ3) is 3.72. The Kier molecular flexibility index (Phi) is 5.77. The van der Waals surface area contributed by atoms with Crippen molar-refractivity contribution in [3.63, 3.8) is 0 Å². The fraction of sp³-hybridized carbons (Fsp3) is 1.00. The first-order chi connectivity index (χ1) is 7.51. The first-order valence-electron chi connectivity index (χ1n) is 5.60. The molecule has 4 nitrogen and oxygen atoms in total. The summed E-state index contributed by atoms with van der Waals surface area (Å²) in [5.41, 5.74) is 0. The van der Waals surface area contributed by atoms with Crippen molar-refractivity contribution < 1.29 is 14.8 Å². The van der Waals surface area contributed by atoms with Gasteiger partial charge in [-0.15, -0.1) is 23.2 Å². The zero-order valence-corrected chi connectivity index (χ0v) is 11.2. The van der Waals surface area contributed by atoms with Crippen molar-refractivity contribution in [2.24, 2.45) is 0 Å². The van der Waals surface area contributed by atoms with Crippen molar-refractivity contribution in [2.45, 2.75) is 18.6 Å². The fourth-order valence-corrected chi connectivity index (χ4v) is 2.46. The molecule has 6 heteroatoms. The van der Waals surface area contributed by atoms with E-state index in [0.717, 1.165) is 19.5 Å². The number of aliphatic hydroxyl groups excluding tert-OH is 2. The Labute approximate surface area is 107 Å². The summed E-state index contributed by atoms with van der Waals surface area (Å²) in [6.07, 6.45) is 0.0614. The highest BCUT2D eigenvalue weighted by Crippen LogP contribution is 2.20. The van der Waals surface area contributed by atoms with E-state index in [1.54, 1.807) is 0 Å². The van der Waals surface area contributed by atoms with Crippen LogP contribution in [0.15, 0.2) is 0 Å². The summed E-state index contributed by atoms with van der Waals surface area (Å²) < 4.78 is 0.641.